The quantitative estimate of drug-likeness (QED) is 0.861. The van der Waals surface area contributed by atoms with Crippen molar-refractivity contribution >= 4 is 27.7 Å². The highest BCUT2D eigenvalue weighted by Gasteiger charge is 2.17. The van der Waals surface area contributed by atoms with E-state index in [1.54, 1.807) is 19.1 Å². The van der Waals surface area contributed by atoms with Crippen molar-refractivity contribution in [3.63, 3.8) is 0 Å². The van der Waals surface area contributed by atoms with E-state index < -0.39 is 22.0 Å². The fraction of sp³-hybridized carbons (Fsp3) is 0.0667. The minimum absolute atomic E-state index is 0.0539. The number of aryl methyl sites for hydroxylation is 1. The SMILES string of the molecule is Cc1ccc(S(=O)(=O)NC(=O)Nc2cccc(C(=O)[O-])c2)cc1. The molecule has 0 aliphatic rings. The maximum absolute atomic E-state index is 12.0. The Balaban J connectivity index is 2.11. The summed E-state index contributed by atoms with van der Waals surface area (Å²) in [6, 6.07) is 10.2. The Labute approximate surface area is 133 Å². The van der Waals surface area contributed by atoms with E-state index in [9.17, 15) is 23.1 Å². The highest BCUT2D eigenvalue weighted by Crippen LogP contribution is 2.12. The monoisotopic (exact) mass is 333 g/mol. The van der Waals surface area contributed by atoms with Gasteiger partial charge in [0, 0.05) is 5.69 Å². The van der Waals surface area contributed by atoms with E-state index in [1.165, 1.54) is 30.3 Å². The summed E-state index contributed by atoms with van der Waals surface area (Å²) in [5, 5.41) is 13.0. The molecule has 2 aromatic rings. The predicted octanol–water partition coefficient (Wildman–Crippen LogP) is 0.869. The molecule has 2 amide bonds. The second-order valence-corrected chi connectivity index (χ2v) is 6.42. The molecule has 0 heterocycles. The molecule has 2 aromatic carbocycles. The number of sulfonamides is 1. The third-order valence-corrected chi connectivity index (χ3v) is 4.26. The van der Waals surface area contributed by atoms with Crippen LogP contribution in [-0.4, -0.2) is 20.4 Å². The van der Waals surface area contributed by atoms with Crippen molar-refractivity contribution in [3.05, 3.63) is 59.7 Å². The number of anilines is 1. The second-order valence-electron chi connectivity index (χ2n) is 4.74. The normalized spacial score (nSPS) is 10.8. The van der Waals surface area contributed by atoms with Crippen LogP contribution in [0.4, 0.5) is 10.5 Å². The number of carbonyl (C=O) groups is 2. The lowest BCUT2D eigenvalue weighted by atomic mass is 10.2. The fourth-order valence-corrected chi connectivity index (χ4v) is 2.69. The number of urea groups is 1. The highest BCUT2D eigenvalue weighted by atomic mass is 32.2. The molecule has 0 bridgehead atoms. The van der Waals surface area contributed by atoms with Gasteiger partial charge >= 0.3 is 6.03 Å². The Morgan fingerprint density at radius 1 is 1.04 bits per heavy atom. The van der Waals surface area contributed by atoms with Gasteiger partial charge in [0.05, 0.1) is 10.9 Å². The van der Waals surface area contributed by atoms with Crippen molar-refractivity contribution in [2.24, 2.45) is 0 Å². The van der Waals surface area contributed by atoms with Crippen LogP contribution in [0.3, 0.4) is 0 Å². The number of amides is 2. The van der Waals surface area contributed by atoms with Gasteiger partial charge in [-0.15, -0.1) is 0 Å². The summed E-state index contributed by atoms with van der Waals surface area (Å²) < 4.78 is 25.9. The minimum atomic E-state index is -4.01. The zero-order chi connectivity index (χ0) is 17.0. The first-order valence-corrected chi connectivity index (χ1v) is 7.98. The van der Waals surface area contributed by atoms with Crippen molar-refractivity contribution in [1.29, 1.82) is 0 Å². The summed E-state index contributed by atoms with van der Waals surface area (Å²) >= 11 is 0. The maximum atomic E-state index is 12.0. The van der Waals surface area contributed by atoms with Gasteiger partial charge in [-0.25, -0.2) is 17.9 Å². The maximum Gasteiger partial charge on any atom is 0.333 e. The Hall–Kier alpha value is -2.87. The molecule has 0 radical (unpaired) electrons. The molecule has 120 valence electrons. The van der Waals surface area contributed by atoms with E-state index in [0.29, 0.717) is 0 Å². The molecule has 7 nitrogen and oxygen atoms in total. The fourth-order valence-electron chi connectivity index (χ4n) is 1.78. The number of rotatable bonds is 4. The molecule has 0 aliphatic heterocycles. The third kappa shape index (κ3) is 4.30. The lowest BCUT2D eigenvalue weighted by Crippen LogP contribution is -2.34. The van der Waals surface area contributed by atoms with Crippen LogP contribution >= 0.6 is 0 Å². The van der Waals surface area contributed by atoms with Crippen LogP contribution in [0.15, 0.2) is 53.4 Å². The molecule has 8 heteroatoms. The van der Waals surface area contributed by atoms with E-state index in [1.807, 2.05) is 4.72 Å². The van der Waals surface area contributed by atoms with Crippen LogP contribution in [0.25, 0.3) is 0 Å². The largest absolute Gasteiger partial charge is 0.545 e. The summed E-state index contributed by atoms with van der Waals surface area (Å²) in [5.41, 5.74) is 0.875. The van der Waals surface area contributed by atoms with E-state index in [-0.39, 0.29) is 16.1 Å². The molecule has 0 unspecified atom stereocenters. The second kappa shape index (κ2) is 6.49. The van der Waals surface area contributed by atoms with E-state index >= 15 is 0 Å². The summed E-state index contributed by atoms with van der Waals surface area (Å²) in [4.78, 5) is 22.5. The molecule has 2 N–H and O–H groups in total. The third-order valence-electron chi connectivity index (χ3n) is 2.91. The van der Waals surface area contributed by atoms with Gasteiger partial charge in [-0.2, -0.15) is 0 Å². The van der Waals surface area contributed by atoms with Gasteiger partial charge in [0.2, 0.25) is 0 Å². The summed E-state index contributed by atoms with van der Waals surface area (Å²) in [6.07, 6.45) is 0. The molecule has 0 saturated carbocycles. The van der Waals surface area contributed by atoms with Crippen molar-refractivity contribution in [2.75, 3.05) is 5.32 Å². The topological polar surface area (TPSA) is 115 Å². The molecule has 0 atom stereocenters. The standard InChI is InChI=1S/C15H14N2O5S/c1-10-5-7-13(8-6-10)23(21,22)17-15(20)16-12-4-2-3-11(9-12)14(18)19/h2-9H,1H3,(H,18,19)(H2,16,17,20)/p-1. The molecule has 2 rings (SSSR count). The zero-order valence-corrected chi connectivity index (χ0v) is 12.9. The smallest absolute Gasteiger partial charge is 0.333 e. The van der Waals surface area contributed by atoms with Gasteiger partial charge in [-0.3, -0.25) is 0 Å². The van der Waals surface area contributed by atoms with Crippen LogP contribution in [0.5, 0.6) is 0 Å². The van der Waals surface area contributed by atoms with Gasteiger partial charge in [-0.05, 0) is 36.8 Å². The number of nitrogens with one attached hydrogen (secondary N) is 2. The summed E-state index contributed by atoms with van der Waals surface area (Å²) in [7, 11) is -4.01. The Morgan fingerprint density at radius 2 is 1.70 bits per heavy atom. The van der Waals surface area contributed by atoms with Gasteiger partial charge in [0.25, 0.3) is 10.0 Å². The molecule has 0 fully saturated rings. The average molecular weight is 333 g/mol. The molecular formula is C15H13N2O5S-. The minimum Gasteiger partial charge on any atom is -0.545 e. The van der Waals surface area contributed by atoms with Gasteiger partial charge < -0.3 is 15.2 Å². The van der Waals surface area contributed by atoms with Crippen molar-refractivity contribution < 1.29 is 23.1 Å². The number of hydrogen-bond acceptors (Lipinski definition) is 5. The van der Waals surface area contributed by atoms with E-state index in [0.717, 1.165) is 11.6 Å². The van der Waals surface area contributed by atoms with Crippen LogP contribution in [0.2, 0.25) is 0 Å². The van der Waals surface area contributed by atoms with Crippen LogP contribution in [0.1, 0.15) is 15.9 Å². The lowest BCUT2D eigenvalue weighted by Gasteiger charge is -2.10. The molecule has 0 aromatic heterocycles. The van der Waals surface area contributed by atoms with E-state index in [4.69, 9.17) is 0 Å². The van der Waals surface area contributed by atoms with Crippen molar-refractivity contribution in [1.82, 2.24) is 4.72 Å². The number of carbonyl (C=O) groups excluding carboxylic acids is 2. The Bertz CT molecular complexity index is 844. The van der Waals surface area contributed by atoms with Gasteiger partial charge in [0.15, 0.2) is 0 Å². The van der Waals surface area contributed by atoms with Crippen LogP contribution in [0, 0.1) is 6.92 Å². The first-order valence-electron chi connectivity index (χ1n) is 6.50. The van der Waals surface area contributed by atoms with Gasteiger partial charge in [0.1, 0.15) is 0 Å². The predicted molar refractivity (Wildman–Crippen MR) is 81.3 cm³/mol. The van der Waals surface area contributed by atoms with Gasteiger partial charge in [-0.1, -0.05) is 29.8 Å². The van der Waals surface area contributed by atoms with Crippen LogP contribution in [-0.2, 0) is 10.0 Å². The first kappa shape index (κ1) is 16.5. The lowest BCUT2D eigenvalue weighted by molar-refractivity contribution is -0.255. The Morgan fingerprint density at radius 3 is 2.30 bits per heavy atom. The number of aromatic carboxylic acids is 1. The molecule has 0 aliphatic carbocycles. The van der Waals surface area contributed by atoms with E-state index in [2.05, 4.69) is 5.32 Å². The molecular weight excluding hydrogens is 320 g/mol. The number of benzene rings is 2. The molecule has 0 saturated heterocycles. The van der Waals surface area contributed by atoms with Crippen LogP contribution < -0.4 is 15.1 Å². The molecule has 23 heavy (non-hydrogen) atoms. The molecule has 0 spiro atoms. The number of carboxylic acid groups (broad SMARTS) is 1. The van der Waals surface area contributed by atoms with Crippen molar-refractivity contribution in [2.45, 2.75) is 11.8 Å². The summed E-state index contributed by atoms with van der Waals surface area (Å²) in [6.45, 7) is 1.81. The number of carboxylic acids is 1. The average Bonchev–Trinajstić information content (AvgIpc) is 2.47. The zero-order valence-electron chi connectivity index (χ0n) is 12.1. The first-order chi connectivity index (χ1) is 10.8. The number of hydrogen-bond donors (Lipinski definition) is 2. The Kier molecular flexibility index (Phi) is 4.65. The highest BCUT2D eigenvalue weighted by molar-refractivity contribution is 7.90. The van der Waals surface area contributed by atoms with Crippen molar-refractivity contribution in [3.8, 4) is 0 Å². The summed E-state index contributed by atoms with van der Waals surface area (Å²) in [5.74, 6) is -1.40.